The van der Waals surface area contributed by atoms with Gasteiger partial charge in [0.05, 0.1) is 6.07 Å². The van der Waals surface area contributed by atoms with Gasteiger partial charge in [-0.25, -0.2) is 0 Å². The van der Waals surface area contributed by atoms with E-state index in [2.05, 4.69) is 34.0 Å². The zero-order valence-electron chi connectivity index (χ0n) is 7.42. The topological polar surface area (TPSA) is 35.8 Å². The second-order valence-corrected chi connectivity index (χ2v) is 3.88. The molecule has 2 nitrogen and oxygen atoms in total. The summed E-state index contributed by atoms with van der Waals surface area (Å²) in [5.74, 6) is 0. The molecule has 1 rings (SSSR count). The highest BCUT2D eigenvalue weighted by atomic mass is 127. The molecule has 1 unspecified atom stereocenters. The highest BCUT2D eigenvalue weighted by Gasteiger charge is 2.04. The Hall–Kier alpha value is -0.760. The van der Waals surface area contributed by atoms with Crippen molar-refractivity contribution < 1.29 is 0 Å². The largest absolute Gasteiger partial charge is 0.369 e. The zero-order chi connectivity index (χ0) is 9.68. The van der Waals surface area contributed by atoms with E-state index in [1.165, 1.54) is 0 Å². The Labute approximate surface area is 92.1 Å². The molecule has 0 aliphatic heterocycles. The first-order valence-corrected chi connectivity index (χ1v) is 5.26. The second-order valence-electron chi connectivity index (χ2n) is 2.71. The fraction of sp³-hybridized carbons (Fsp3) is 0.300. The lowest BCUT2D eigenvalue weighted by Crippen LogP contribution is -2.16. The lowest BCUT2D eigenvalue weighted by molar-refractivity contribution is 0.844. The Morgan fingerprint density at radius 1 is 1.54 bits per heavy atom. The van der Waals surface area contributed by atoms with E-state index in [1.807, 2.05) is 31.2 Å². The van der Waals surface area contributed by atoms with E-state index < -0.39 is 0 Å². The van der Waals surface area contributed by atoms with Gasteiger partial charge in [0.1, 0.15) is 6.04 Å². The molecule has 0 aliphatic rings. The Morgan fingerprint density at radius 2 is 2.23 bits per heavy atom. The van der Waals surface area contributed by atoms with Crippen molar-refractivity contribution in [3.8, 4) is 6.07 Å². The van der Waals surface area contributed by atoms with Gasteiger partial charge in [-0.3, -0.25) is 0 Å². The zero-order valence-corrected chi connectivity index (χ0v) is 9.58. The predicted octanol–water partition coefficient (Wildman–Crippen LogP) is 3.01. The standard InChI is InChI=1S/C10H11IN2/c1-2-8(7-12)13-10-6-4-3-5-9(10)11/h3-6,8,13H,2H2,1H3. The lowest BCUT2D eigenvalue weighted by Gasteiger charge is -2.11. The van der Waals surface area contributed by atoms with Gasteiger partial charge in [0.2, 0.25) is 0 Å². The number of nitrogens with zero attached hydrogens (tertiary/aromatic N) is 1. The number of benzene rings is 1. The highest BCUT2D eigenvalue weighted by molar-refractivity contribution is 14.1. The Morgan fingerprint density at radius 3 is 2.77 bits per heavy atom. The molecule has 1 atom stereocenters. The van der Waals surface area contributed by atoms with Crippen molar-refractivity contribution in [2.75, 3.05) is 5.32 Å². The van der Waals surface area contributed by atoms with Gasteiger partial charge in [-0.2, -0.15) is 5.26 Å². The van der Waals surface area contributed by atoms with Gasteiger partial charge in [-0.05, 0) is 41.1 Å². The van der Waals surface area contributed by atoms with Crippen LogP contribution in [0.3, 0.4) is 0 Å². The summed E-state index contributed by atoms with van der Waals surface area (Å²) in [5, 5.41) is 11.9. The summed E-state index contributed by atoms with van der Waals surface area (Å²) in [7, 11) is 0. The molecule has 0 aromatic heterocycles. The minimum absolute atomic E-state index is 0.0871. The number of rotatable bonds is 3. The Bertz CT molecular complexity index is 317. The summed E-state index contributed by atoms with van der Waals surface area (Å²) < 4.78 is 1.15. The van der Waals surface area contributed by atoms with E-state index in [0.717, 1.165) is 15.7 Å². The van der Waals surface area contributed by atoms with Crippen LogP contribution in [0.1, 0.15) is 13.3 Å². The minimum atomic E-state index is -0.0871. The summed E-state index contributed by atoms with van der Waals surface area (Å²) >= 11 is 2.25. The molecule has 0 spiro atoms. The molecule has 0 amide bonds. The SMILES string of the molecule is CCC(C#N)Nc1ccccc1I. The quantitative estimate of drug-likeness (QED) is 0.867. The van der Waals surface area contributed by atoms with Crippen LogP contribution < -0.4 is 5.32 Å². The van der Waals surface area contributed by atoms with Crippen LogP contribution in [0.5, 0.6) is 0 Å². The van der Waals surface area contributed by atoms with Crippen LogP contribution in [0, 0.1) is 14.9 Å². The first-order valence-electron chi connectivity index (χ1n) is 4.18. The third-order valence-electron chi connectivity index (χ3n) is 1.77. The molecule has 0 heterocycles. The van der Waals surface area contributed by atoms with Crippen molar-refractivity contribution in [2.24, 2.45) is 0 Å². The van der Waals surface area contributed by atoms with Crippen LogP contribution in [0.2, 0.25) is 0 Å². The fourth-order valence-corrected chi connectivity index (χ4v) is 1.53. The molecule has 0 fully saturated rings. The average molecular weight is 286 g/mol. The van der Waals surface area contributed by atoms with Gasteiger partial charge in [0, 0.05) is 9.26 Å². The van der Waals surface area contributed by atoms with Crippen molar-refractivity contribution in [3.63, 3.8) is 0 Å². The summed E-state index contributed by atoms with van der Waals surface area (Å²) in [5.41, 5.74) is 1.04. The van der Waals surface area contributed by atoms with Crippen molar-refractivity contribution in [1.82, 2.24) is 0 Å². The van der Waals surface area contributed by atoms with Gasteiger partial charge in [0.25, 0.3) is 0 Å². The summed E-state index contributed by atoms with van der Waals surface area (Å²) in [6.07, 6.45) is 0.821. The predicted molar refractivity (Wildman–Crippen MR) is 62.5 cm³/mol. The summed E-state index contributed by atoms with van der Waals surface area (Å²) in [4.78, 5) is 0. The number of hydrogen-bond donors (Lipinski definition) is 1. The molecule has 0 bridgehead atoms. The van der Waals surface area contributed by atoms with Crippen LogP contribution >= 0.6 is 22.6 Å². The van der Waals surface area contributed by atoms with Gasteiger partial charge in [0.15, 0.2) is 0 Å². The first kappa shape index (κ1) is 10.3. The Kier molecular flexibility index (Phi) is 4.03. The number of nitriles is 1. The van der Waals surface area contributed by atoms with E-state index in [9.17, 15) is 0 Å². The molecule has 0 aliphatic carbocycles. The molecule has 0 radical (unpaired) electrons. The molecule has 1 aromatic rings. The maximum atomic E-state index is 8.76. The first-order chi connectivity index (χ1) is 6.27. The summed E-state index contributed by atoms with van der Waals surface area (Å²) in [6.45, 7) is 2.00. The van der Waals surface area contributed by atoms with Crippen LogP contribution in [-0.4, -0.2) is 6.04 Å². The third kappa shape index (κ3) is 2.88. The maximum absolute atomic E-state index is 8.76. The lowest BCUT2D eigenvalue weighted by atomic mass is 10.2. The second kappa shape index (κ2) is 5.07. The van der Waals surface area contributed by atoms with Crippen molar-refractivity contribution in [3.05, 3.63) is 27.8 Å². The van der Waals surface area contributed by atoms with Gasteiger partial charge >= 0.3 is 0 Å². The van der Waals surface area contributed by atoms with E-state index in [1.54, 1.807) is 0 Å². The van der Waals surface area contributed by atoms with Crippen LogP contribution in [0.25, 0.3) is 0 Å². The number of anilines is 1. The number of para-hydroxylation sites is 1. The Balaban J connectivity index is 2.74. The van der Waals surface area contributed by atoms with E-state index in [4.69, 9.17) is 5.26 Å². The number of nitrogens with one attached hydrogen (secondary N) is 1. The van der Waals surface area contributed by atoms with Gasteiger partial charge in [-0.1, -0.05) is 19.1 Å². The number of hydrogen-bond acceptors (Lipinski definition) is 2. The van der Waals surface area contributed by atoms with Crippen molar-refractivity contribution in [2.45, 2.75) is 19.4 Å². The van der Waals surface area contributed by atoms with Gasteiger partial charge < -0.3 is 5.32 Å². The molecule has 68 valence electrons. The highest BCUT2D eigenvalue weighted by Crippen LogP contribution is 2.18. The minimum Gasteiger partial charge on any atom is -0.369 e. The molecule has 13 heavy (non-hydrogen) atoms. The maximum Gasteiger partial charge on any atom is 0.114 e. The fourth-order valence-electron chi connectivity index (χ4n) is 0.992. The van der Waals surface area contributed by atoms with Crippen molar-refractivity contribution >= 4 is 28.3 Å². The molecule has 0 saturated heterocycles. The van der Waals surface area contributed by atoms with E-state index in [0.29, 0.717) is 0 Å². The van der Waals surface area contributed by atoms with Crippen LogP contribution in [0.15, 0.2) is 24.3 Å². The molecule has 1 aromatic carbocycles. The van der Waals surface area contributed by atoms with E-state index >= 15 is 0 Å². The molecule has 3 heteroatoms. The normalized spacial score (nSPS) is 11.8. The smallest absolute Gasteiger partial charge is 0.114 e. The number of halogens is 1. The molecular formula is C10H11IN2. The molecule has 0 saturated carbocycles. The summed E-state index contributed by atoms with van der Waals surface area (Å²) in [6, 6.07) is 10.1. The van der Waals surface area contributed by atoms with Gasteiger partial charge in [-0.15, -0.1) is 0 Å². The van der Waals surface area contributed by atoms with Crippen LogP contribution in [0.4, 0.5) is 5.69 Å². The molecular weight excluding hydrogens is 275 g/mol. The average Bonchev–Trinajstić information content (AvgIpc) is 2.17. The third-order valence-corrected chi connectivity index (χ3v) is 2.71. The molecule has 1 N–H and O–H groups in total. The monoisotopic (exact) mass is 286 g/mol. The van der Waals surface area contributed by atoms with Crippen LogP contribution in [-0.2, 0) is 0 Å². The van der Waals surface area contributed by atoms with Crippen molar-refractivity contribution in [1.29, 1.82) is 5.26 Å². The van der Waals surface area contributed by atoms with E-state index in [-0.39, 0.29) is 6.04 Å².